The first-order chi connectivity index (χ1) is 9.51. The Kier molecular flexibility index (Phi) is 4.83. The second kappa shape index (κ2) is 6.41. The van der Waals surface area contributed by atoms with Crippen molar-refractivity contribution >= 4 is 15.9 Å². The molecule has 2 N–H and O–H groups in total. The number of benzene rings is 1. The largest absolute Gasteiger partial charge is 0.324 e. The lowest BCUT2D eigenvalue weighted by atomic mass is 9.97. The Morgan fingerprint density at radius 3 is 2.70 bits per heavy atom. The van der Waals surface area contributed by atoms with Crippen molar-refractivity contribution in [3.05, 3.63) is 57.1 Å². The number of halogens is 2. The zero-order chi connectivity index (χ0) is 14.7. The first-order valence-corrected chi connectivity index (χ1v) is 7.33. The Labute approximate surface area is 126 Å². The molecule has 0 spiro atoms. The SMILES string of the molecule is CCc1nnc(C)cc1C(N)Cc1ccc(F)cc1Br. The summed E-state index contributed by atoms with van der Waals surface area (Å²) in [6, 6.07) is 6.46. The minimum atomic E-state index is -0.259. The van der Waals surface area contributed by atoms with Gasteiger partial charge in [-0.3, -0.25) is 0 Å². The third kappa shape index (κ3) is 3.41. The molecule has 20 heavy (non-hydrogen) atoms. The van der Waals surface area contributed by atoms with E-state index in [1.807, 2.05) is 19.9 Å². The summed E-state index contributed by atoms with van der Waals surface area (Å²) in [5.74, 6) is -0.259. The van der Waals surface area contributed by atoms with Gasteiger partial charge in [-0.1, -0.05) is 28.9 Å². The number of hydrogen-bond acceptors (Lipinski definition) is 3. The van der Waals surface area contributed by atoms with E-state index in [0.29, 0.717) is 6.42 Å². The first kappa shape index (κ1) is 15.1. The van der Waals surface area contributed by atoms with Gasteiger partial charge in [-0.25, -0.2) is 4.39 Å². The molecule has 1 aromatic heterocycles. The minimum Gasteiger partial charge on any atom is -0.324 e. The zero-order valence-electron chi connectivity index (χ0n) is 11.5. The van der Waals surface area contributed by atoms with Crippen LogP contribution >= 0.6 is 15.9 Å². The highest BCUT2D eigenvalue weighted by molar-refractivity contribution is 9.10. The van der Waals surface area contributed by atoms with Crippen LogP contribution in [0.1, 0.15) is 35.5 Å². The molecule has 0 amide bonds. The van der Waals surface area contributed by atoms with Crippen molar-refractivity contribution in [3.8, 4) is 0 Å². The second-order valence-corrected chi connectivity index (χ2v) is 5.64. The maximum Gasteiger partial charge on any atom is 0.124 e. The summed E-state index contributed by atoms with van der Waals surface area (Å²) < 4.78 is 13.8. The molecule has 0 radical (unpaired) electrons. The molecule has 0 bridgehead atoms. The van der Waals surface area contributed by atoms with Gasteiger partial charge in [0, 0.05) is 10.5 Å². The van der Waals surface area contributed by atoms with Crippen LogP contribution in [-0.4, -0.2) is 10.2 Å². The summed E-state index contributed by atoms with van der Waals surface area (Å²) in [7, 11) is 0. The van der Waals surface area contributed by atoms with E-state index >= 15 is 0 Å². The molecule has 1 aromatic carbocycles. The zero-order valence-corrected chi connectivity index (χ0v) is 13.1. The quantitative estimate of drug-likeness (QED) is 0.928. The van der Waals surface area contributed by atoms with E-state index in [1.54, 1.807) is 6.07 Å². The van der Waals surface area contributed by atoms with Gasteiger partial charge in [0.2, 0.25) is 0 Å². The molecule has 1 heterocycles. The van der Waals surface area contributed by atoms with E-state index in [4.69, 9.17) is 5.73 Å². The Morgan fingerprint density at radius 2 is 2.05 bits per heavy atom. The van der Waals surface area contributed by atoms with Gasteiger partial charge in [0.15, 0.2) is 0 Å². The first-order valence-electron chi connectivity index (χ1n) is 6.54. The smallest absolute Gasteiger partial charge is 0.124 e. The minimum absolute atomic E-state index is 0.180. The van der Waals surface area contributed by atoms with Crippen molar-refractivity contribution in [3.63, 3.8) is 0 Å². The Bertz CT molecular complexity index is 616. The second-order valence-electron chi connectivity index (χ2n) is 4.79. The molecule has 0 aliphatic heterocycles. The maximum atomic E-state index is 13.1. The fraction of sp³-hybridized carbons (Fsp3) is 0.333. The highest BCUT2D eigenvalue weighted by Crippen LogP contribution is 2.25. The molecule has 5 heteroatoms. The summed E-state index contributed by atoms with van der Waals surface area (Å²) in [5, 5.41) is 8.26. The molecular weight excluding hydrogens is 321 g/mol. The third-order valence-corrected chi connectivity index (χ3v) is 3.95. The van der Waals surface area contributed by atoms with Crippen LogP contribution in [0.5, 0.6) is 0 Å². The standard InChI is InChI=1S/C15H17BrFN3/c1-3-15-12(6-9(2)19-20-15)14(18)7-10-4-5-11(17)8-13(10)16/h4-6,8,14H,3,7,18H2,1-2H3. The van der Waals surface area contributed by atoms with Gasteiger partial charge in [-0.2, -0.15) is 10.2 Å². The molecular formula is C15H17BrFN3. The van der Waals surface area contributed by atoms with Crippen LogP contribution in [0.2, 0.25) is 0 Å². The summed E-state index contributed by atoms with van der Waals surface area (Å²) >= 11 is 3.37. The lowest BCUT2D eigenvalue weighted by Crippen LogP contribution is -2.17. The van der Waals surface area contributed by atoms with Crippen LogP contribution in [0.4, 0.5) is 4.39 Å². The highest BCUT2D eigenvalue weighted by Gasteiger charge is 2.15. The van der Waals surface area contributed by atoms with Crippen molar-refractivity contribution < 1.29 is 4.39 Å². The number of aromatic nitrogens is 2. The predicted molar refractivity (Wildman–Crippen MR) is 80.9 cm³/mol. The number of aryl methyl sites for hydroxylation is 2. The molecule has 1 unspecified atom stereocenters. The number of hydrogen-bond donors (Lipinski definition) is 1. The molecule has 0 aliphatic carbocycles. The fourth-order valence-corrected chi connectivity index (χ4v) is 2.68. The number of rotatable bonds is 4. The molecule has 0 aliphatic rings. The van der Waals surface area contributed by atoms with Crippen LogP contribution in [0.25, 0.3) is 0 Å². The molecule has 0 saturated carbocycles. The lowest BCUT2D eigenvalue weighted by molar-refractivity contribution is 0.623. The van der Waals surface area contributed by atoms with Crippen molar-refractivity contribution in [2.24, 2.45) is 5.73 Å². The third-order valence-electron chi connectivity index (χ3n) is 3.22. The van der Waals surface area contributed by atoms with Crippen molar-refractivity contribution in [1.29, 1.82) is 0 Å². The van der Waals surface area contributed by atoms with Gasteiger partial charge < -0.3 is 5.73 Å². The van der Waals surface area contributed by atoms with E-state index in [0.717, 1.165) is 33.4 Å². The fourth-order valence-electron chi connectivity index (χ4n) is 2.16. The molecule has 106 valence electrons. The van der Waals surface area contributed by atoms with E-state index in [1.165, 1.54) is 12.1 Å². The highest BCUT2D eigenvalue weighted by atomic mass is 79.9. The van der Waals surface area contributed by atoms with E-state index in [9.17, 15) is 4.39 Å². The molecule has 0 fully saturated rings. The van der Waals surface area contributed by atoms with Crippen LogP contribution in [0.15, 0.2) is 28.7 Å². The predicted octanol–water partition coefficient (Wildman–Crippen LogP) is 3.49. The molecule has 1 atom stereocenters. The molecule has 3 nitrogen and oxygen atoms in total. The average Bonchev–Trinajstić information content (AvgIpc) is 2.41. The summed E-state index contributed by atoms with van der Waals surface area (Å²) in [5.41, 5.74) is 10.1. The topological polar surface area (TPSA) is 51.8 Å². The van der Waals surface area contributed by atoms with Gasteiger partial charge in [-0.15, -0.1) is 0 Å². The normalized spacial score (nSPS) is 12.4. The summed E-state index contributed by atoms with van der Waals surface area (Å²) in [6.07, 6.45) is 1.42. The van der Waals surface area contributed by atoms with Crippen LogP contribution in [0.3, 0.4) is 0 Å². The van der Waals surface area contributed by atoms with E-state index < -0.39 is 0 Å². The Morgan fingerprint density at radius 1 is 1.30 bits per heavy atom. The maximum absolute atomic E-state index is 13.1. The average molecular weight is 338 g/mol. The molecule has 2 aromatic rings. The van der Waals surface area contributed by atoms with Crippen LogP contribution in [-0.2, 0) is 12.8 Å². The van der Waals surface area contributed by atoms with Crippen molar-refractivity contribution in [1.82, 2.24) is 10.2 Å². The monoisotopic (exact) mass is 337 g/mol. The lowest BCUT2D eigenvalue weighted by Gasteiger charge is -2.16. The molecule has 0 saturated heterocycles. The summed E-state index contributed by atoms with van der Waals surface area (Å²) in [4.78, 5) is 0. The number of nitrogens with two attached hydrogens (primary N) is 1. The number of nitrogens with zero attached hydrogens (tertiary/aromatic N) is 2. The van der Waals surface area contributed by atoms with Gasteiger partial charge in [0.25, 0.3) is 0 Å². The van der Waals surface area contributed by atoms with Crippen LogP contribution in [0, 0.1) is 12.7 Å². The Balaban J connectivity index is 2.27. The van der Waals surface area contributed by atoms with E-state index in [-0.39, 0.29) is 11.9 Å². The van der Waals surface area contributed by atoms with Gasteiger partial charge in [0.1, 0.15) is 5.82 Å². The molecule has 2 rings (SSSR count). The van der Waals surface area contributed by atoms with E-state index in [2.05, 4.69) is 26.1 Å². The van der Waals surface area contributed by atoms with Gasteiger partial charge in [0.05, 0.1) is 11.4 Å². The van der Waals surface area contributed by atoms with Crippen LogP contribution < -0.4 is 5.73 Å². The Hall–Kier alpha value is -1.33. The van der Waals surface area contributed by atoms with Crippen molar-refractivity contribution in [2.75, 3.05) is 0 Å². The van der Waals surface area contributed by atoms with Gasteiger partial charge in [-0.05, 0) is 49.1 Å². The van der Waals surface area contributed by atoms with Crippen molar-refractivity contribution in [2.45, 2.75) is 32.7 Å². The van der Waals surface area contributed by atoms with Gasteiger partial charge >= 0.3 is 0 Å². The summed E-state index contributed by atoms with van der Waals surface area (Å²) in [6.45, 7) is 3.93.